The summed E-state index contributed by atoms with van der Waals surface area (Å²) in [4.78, 5) is 9.35. The van der Waals surface area contributed by atoms with Crippen molar-refractivity contribution in [3.8, 4) is 0 Å². The molecular formula is C16H22N4O. The Balaban J connectivity index is 1.81. The van der Waals surface area contributed by atoms with Crippen LogP contribution in [-0.4, -0.2) is 16.5 Å². The Morgan fingerprint density at radius 2 is 1.86 bits per heavy atom. The minimum Gasteiger partial charge on any atom is -0.465 e. The molecule has 0 saturated heterocycles. The summed E-state index contributed by atoms with van der Waals surface area (Å²) in [6.45, 7) is 7.58. The number of nitrogens with zero attached hydrogens (tertiary/aromatic N) is 2. The van der Waals surface area contributed by atoms with Gasteiger partial charge in [0.1, 0.15) is 29.0 Å². The maximum Gasteiger partial charge on any atom is 0.136 e. The summed E-state index contributed by atoms with van der Waals surface area (Å²) in [5.41, 5.74) is 1.06. The van der Waals surface area contributed by atoms with E-state index < -0.39 is 0 Å². The topological polar surface area (TPSA) is 63.0 Å². The summed E-state index contributed by atoms with van der Waals surface area (Å²) in [6.07, 6.45) is 2.40. The monoisotopic (exact) mass is 286 g/mol. The average Bonchev–Trinajstić information content (AvgIpc) is 3.23. The fourth-order valence-electron chi connectivity index (χ4n) is 2.32. The average molecular weight is 286 g/mol. The zero-order valence-corrected chi connectivity index (χ0v) is 12.9. The van der Waals surface area contributed by atoms with Gasteiger partial charge in [-0.2, -0.15) is 0 Å². The second-order valence-corrected chi connectivity index (χ2v) is 5.57. The van der Waals surface area contributed by atoms with Crippen molar-refractivity contribution >= 4 is 11.6 Å². The van der Waals surface area contributed by atoms with E-state index in [9.17, 15) is 0 Å². The molecule has 0 amide bonds. The van der Waals surface area contributed by atoms with Crippen molar-refractivity contribution in [2.75, 3.05) is 17.2 Å². The first-order chi connectivity index (χ1) is 10.2. The first-order valence-electron chi connectivity index (χ1n) is 7.59. The number of hydrogen-bond donors (Lipinski definition) is 2. The third-order valence-electron chi connectivity index (χ3n) is 3.68. The van der Waals surface area contributed by atoms with Crippen LogP contribution < -0.4 is 10.6 Å². The zero-order chi connectivity index (χ0) is 14.8. The van der Waals surface area contributed by atoms with E-state index in [4.69, 9.17) is 9.40 Å². The highest BCUT2D eigenvalue weighted by molar-refractivity contribution is 5.57. The highest BCUT2D eigenvalue weighted by Gasteiger charge is 2.28. The van der Waals surface area contributed by atoms with Crippen molar-refractivity contribution in [1.29, 1.82) is 0 Å². The third kappa shape index (κ3) is 3.17. The lowest BCUT2D eigenvalue weighted by molar-refractivity contribution is 0.490. The molecule has 0 atom stereocenters. The van der Waals surface area contributed by atoms with Crippen LogP contribution in [-0.2, 0) is 6.54 Å². The molecule has 0 aliphatic heterocycles. The fraction of sp³-hybridized carbons (Fsp3) is 0.500. The van der Waals surface area contributed by atoms with Gasteiger partial charge in [-0.15, -0.1) is 0 Å². The first kappa shape index (κ1) is 13.9. The Morgan fingerprint density at radius 1 is 1.14 bits per heavy atom. The van der Waals surface area contributed by atoms with Gasteiger partial charge in [0.15, 0.2) is 0 Å². The molecule has 0 radical (unpaired) electrons. The van der Waals surface area contributed by atoms with Gasteiger partial charge in [0.25, 0.3) is 0 Å². The molecular weight excluding hydrogens is 264 g/mol. The Labute approximate surface area is 125 Å². The first-order valence-corrected chi connectivity index (χ1v) is 7.59. The number of aromatic nitrogens is 2. The third-order valence-corrected chi connectivity index (χ3v) is 3.68. The Morgan fingerprint density at radius 3 is 2.43 bits per heavy atom. The standard InChI is InChI=1S/C16H22N4O/c1-4-17-14-11(3)15(20-16(19-14)12-6-7-12)18-9-13-8-5-10(2)21-13/h5,8,12H,4,6-7,9H2,1-3H3,(H2,17,18,19,20). The van der Waals surface area contributed by atoms with Gasteiger partial charge < -0.3 is 15.1 Å². The van der Waals surface area contributed by atoms with Crippen LogP contribution in [0.15, 0.2) is 16.5 Å². The predicted octanol–water partition coefficient (Wildman–Crippen LogP) is 3.61. The molecule has 2 heterocycles. The van der Waals surface area contributed by atoms with Crippen LogP contribution in [0.5, 0.6) is 0 Å². The smallest absolute Gasteiger partial charge is 0.136 e. The van der Waals surface area contributed by atoms with Crippen LogP contribution in [0.2, 0.25) is 0 Å². The van der Waals surface area contributed by atoms with Crippen molar-refractivity contribution in [1.82, 2.24) is 9.97 Å². The van der Waals surface area contributed by atoms with E-state index in [1.807, 2.05) is 26.0 Å². The largest absolute Gasteiger partial charge is 0.465 e. The van der Waals surface area contributed by atoms with Crippen molar-refractivity contribution < 1.29 is 4.42 Å². The van der Waals surface area contributed by atoms with Gasteiger partial charge in [-0.25, -0.2) is 9.97 Å². The molecule has 3 rings (SSSR count). The summed E-state index contributed by atoms with van der Waals surface area (Å²) < 4.78 is 5.59. The molecule has 112 valence electrons. The number of rotatable bonds is 6. The highest BCUT2D eigenvalue weighted by atomic mass is 16.3. The fourth-order valence-corrected chi connectivity index (χ4v) is 2.32. The van der Waals surface area contributed by atoms with Crippen LogP contribution in [0.1, 0.15) is 48.6 Å². The van der Waals surface area contributed by atoms with E-state index in [0.29, 0.717) is 12.5 Å². The summed E-state index contributed by atoms with van der Waals surface area (Å²) in [6, 6.07) is 3.97. The zero-order valence-electron chi connectivity index (χ0n) is 12.9. The lowest BCUT2D eigenvalue weighted by Crippen LogP contribution is -2.10. The van der Waals surface area contributed by atoms with Gasteiger partial charge in [0, 0.05) is 18.0 Å². The summed E-state index contributed by atoms with van der Waals surface area (Å²) in [7, 11) is 0. The van der Waals surface area contributed by atoms with Crippen LogP contribution >= 0.6 is 0 Å². The molecule has 2 aromatic rings. The molecule has 0 bridgehead atoms. The number of hydrogen-bond acceptors (Lipinski definition) is 5. The second-order valence-electron chi connectivity index (χ2n) is 5.57. The molecule has 0 spiro atoms. The van der Waals surface area contributed by atoms with E-state index in [-0.39, 0.29) is 0 Å². The van der Waals surface area contributed by atoms with Gasteiger partial charge >= 0.3 is 0 Å². The minimum atomic E-state index is 0.536. The van der Waals surface area contributed by atoms with Crippen LogP contribution in [0.25, 0.3) is 0 Å². The van der Waals surface area contributed by atoms with Gasteiger partial charge in [-0.05, 0) is 45.7 Å². The molecule has 0 aromatic carbocycles. The van der Waals surface area contributed by atoms with Gasteiger partial charge in [-0.1, -0.05) is 0 Å². The summed E-state index contributed by atoms with van der Waals surface area (Å²) in [5, 5.41) is 6.71. The number of furan rings is 1. The molecule has 1 aliphatic carbocycles. The number of anilines is 2. The number of nitrogens with one attached hydrogen (secondary N) is 2. The molecule has 5 heteroatoms. The normalized spacial score (nSPS) is 14.2. The Bertz CT molecular complexity index is 631. The Kier molecular flexibility index (Phi) is 3.82. The van der Waals surface area contributed by atoms with Crippen LogP contribution in [0.4, 0.5) is 11.6 Å². The van der Waals surface area contributed by atoms with Gasteiger partial charge in [0.2, 0.25) is 0 Å². The lowest BCUT2D eigenvalue weighted by atomic mass is 10.2. The maximum atomic E-state index is 5.59. The van der Waals surface area contributed by atoms with Crippen LogP contribution in [0, 0.1) is 13.8 Å². The SMILES string of the molecule is CCNc1nc(C2CC2)nc(NCc2ccc(C)o2)c1C. The predicted molar refractivity (Wildman–Crippen MR) is 83.7 cm³/mol. The molecule has 21 heavy (non-hydrogen) atoms. The molecule has 1 saturated carbocycles. The van der Waals surface area contributed by atoms with Crippen molar-refractivity contribution in [3.05, 3.63) is 35.0 Å². The van der Waals surface area contributed by atoms with Crippen molar-refractivity contribution in [2.45, 2.75) is 46.1 Å². The van der Waals surface area contributed by atoms with E-state index in [2.05, 4.69) is 22.5 Å². The van der Waals surface area contributed by atoms with E-state index in [1.165, 1.54) is 12.8 Å². The van der Waals surface area contributed by atoms with Crippen molar-refractivity contribution in [3.63, 3.8) is 0 Å². The molecule has 0 unspecified atom stereocenters. The molecule has 2 aromatic heterocycles. The van der Waals surface area contributed by atoms with Gasteiger partial charge in [-0.3, -0.25) is 0 Å². The maximum absolute atomic E-state index is 5.59. The van der Waals surface area contributed by atoms with E-state index in [0.717, 1.165) is 41.1 Å². The molecule has 5 nitrogen and oxygen atoms in total. The molecule has 1 aliphatic rings. The van der Waals surface area contributed by atoms with Crippen LogP contribution in [0.3, 0.4) is 0 Å². The quantitative estimate of drug-likeness (QED) is 0.849. The highest BCUT2D eigenvalue weighted by Crippen LogP contribution is 2.39. The van der Waals surface area contributed by atoms with Gasteiger partial charge in [0.05, 0.1) is 6.54 Å². The molecule has 2 N–H and O–H groups in total. The van der Waals surface area contributed by atoms with Crippen molar-refractivity contribution in [2.24, 2.45) is 0 Å². The van der Waals surface area contributed by atoms with E-state index in [1.54, 1.807) is 0 Å². The number of aryl methyl sites for hydroxylation is 1. The Hall–Kier alpha value is -2.04. The molecule has 1 fully saturated rings. The minimum absolute atomic E-state index is 0.536. The van der Waals surface area contributed by atoms with E-state index >= 15 is 0 Å². The summed E-state index contributed by atoms with van der Waals surface area (Å²) in [5.74, 6) is 5.18. The lowest BCUT2D eigenvalue weighted by Gasteiger charge is -2.14. The second kappa shape index (κ2) is 5.76. The summed E-state index contributed by atoms with van der Waals surface area (Å²) >= 11 is 0.